The molecule has 1 N–H and O–H groups in total. The predicted octanol–water partition coefficient (Wildman–Crippen LogP) is 3.84. The van der Waals surface area contributed by atoms with Crippen LogP contribution in [0.2, 0.25) is 0 Å². The van der Waals surface area contributed by atoms with Gasteiger partial charge < -0.3 is 0 Å². The summed E-state index contributed by atoms with van der Waals surface area (Å²) in [5, 5.41) is 0. The second-order valence-corrected chi connectivity index (χ2v) is 6.71. The minimum absolute atomic E-state index is 0.303. The van der Waals surface area contributed by atoms with Gasteiger partial charge >= 0.3 is 0 Å². The highest BCUT2D eigenvalue weighted by molar-refractivity contribution is 9.10. The zero-order chi connectivity index (χ0) is 14.9. The van der Waals surface area contributed by atoms with E-state index in [-0.39, 0.29) is 0 Å². The van der Waals surface area contributed by atoms with Gasteiger partial charge in [0.15, 0.2) is 0 Å². The van der Waals surface area contributed by atoms with Gasteiger partial charge in [0, 0.05) is 4.47 Å². The second kappa shape index (κ2) is 5.49. The fraction of sp³-hybridized carbons (Fsp3) is 0.0769. The summed E-state index contributed by atoms with van der Waals surface area (Å²) in [6.45, 7) is 1.70. The van der Waals surface area contributed by atoms with E-state index in [2.05, 4.69) is 20.7 Å². The summed E-state index contributed by atoms with van der Waals surface area (Å²) in [5.41, 5.74) is 0.955. The topological polar surface area (TPSA) is 46.2 Å². The van der Waals surface area contributed by atoms with Crippen LogP contribution < -0.4 is 4.72 Å². The maximum atomic E-state index is 13.5. The average molecular weight is 362 g/mol. The van der Waals surface area contributed by atoms with Crippen LogP contribution in [0.3, 0.4) is 0 Å². The van der Waals surface area contributed by atoms with E-state index in [0.717, 1.165) is 16.6 Å². The first-order valence-electron chi connectivity index (χ1n) is 5.53. The standard InChI is InChI=1S/C13H10BrF2NO2S/c1-8-6-9(14)2-5-12(8)17-20(18,19)13-7-10(15)3-4-11(13)16/h2-7,17H,1H3. The fourth-order valence-electron chi connectivity index (χ4n) is 1.62. The Kier molecular flexibility index (Phi) is 4.10. The zero-order valence-corrected chi connectivity index (χ0v) is 12.7. The van der Waals surface area contributed by atoms with Crippen molar-refractivity contribution in [3.63, 3.8) is 0 Å². The van der Waals surface area contributed by atoms with Gasteiger partial charge in [-0.25, -0.2) is 17.2 Å². The summed E-state index contributed by atoms with van der Waals surface area (Å²) >= 11 is 3.26. The van der Waals surface area contributed by atoms with E-state index in [1.54, 1.807) is 19.1 Å². The monoisotopic (exact) mass is 361 g/mol. The minimum Gasteiger partial charge on any atom is -0.279 e. The molecule has 3 nitrogen and oxygen atoms in total. The molecule has 0 radical (unpaired) electrons. The van der Waals surface area contributed by atoms with Gasteiger partial charge in [0.2, 0.25) is 0 Å². The van der Waals surface area contributed by atoms with Crippen LogP contribution >= 0.6 is 15.9 Å². The Labute approximate surface area is 123 Å². The van der Waals surface area contributed by atoms with E-state index in [1.165, 1.54) is 6.07 Å². The molecule has 0 fully saturated rings. The number of halogens is 3. The van der Waals surface area contributed by atoms with Crippen LogP contribution in [0.1, 0.15) is 5.56 Å². The Morgan fingerprint density at radius 3 is 2.45 bits per heavy atom. The Bertz CT molecular complexity index is 763. The molecule has 0 bridgehead atoms. The van der Waals surface area contributed by atoms with E-state index in [0.29, 0.717) is 17.3 Å². The van der Waals surface area contributed by atoms with Gasteiger partial charge in [-0.2, -0.15) is 0 Å². The molecule has 0 saturated carbocycles. The number of hydrogen-bond acceptors (Lipinski definition) is 2. The predicted molar refractivity (Wildman–Crippen MR) is 76.0 cm³/mol. The SMILES string of the molecule is Cc1cc(Br)ccc1NS(=O)(=O)c1cc(F)ccc1F. The normalized spacial score (nSPS) is 11.4. The molecule has 106 valence electrons. The lowest BCUT2D eigenvalue weighted by Crippen LogP contribution is -2.15. The van der Waals surface area contributed by atoms with Crippen molar-refractivity contribution in [2.24, 2.45) is 0 Å². The number of nitrogens with one attached hydrogen (secondary N) is 1. The molecular weight excluding hydrogens is 352 g/mol. The number of rotatable bonds is 3. The van der Waals surface area contributed by atoms with Crippen LogP contribution in [0.15, 0.2) is 45.8 Å². The van der Waals surface area contributed by atoms with Gasteiger partial charge in [-0.15, -0.1) is 0 Å². The highest BCUT2D eigenvalue weighted by atomic mass is 79.9. The van der Waals surface area contributed by atoms with Crippen molar-refractivity contribution in [1.82, 2.24) is 0 Å². The van der Waals surface area contributed by atoms with Gasteiger partial charge in [-0.3, -0.25) is 4.72 Å². The molecule has 0 aliphatic rings. The first-order valence-corrected chi connectivity index (χ1v) is 7.81. The van der Waals surface area contributed by atoms with Crippen LogP contribution in [0, 0.1) is 18.6 Å². The van der Waals surface area contributed by atoms with Gasteiger partial charge in [0.1, 0.15) is 16.5 Å². The highest BCUT2D eigenvalue weighted by Crippen LogP contribution is 2.24. The Hall–Kier alpha value is -1.47. The molecular formula is C13H10BrF2NO2S. The summed E-state index contributed by atoms with van der Waals surface area (Å²) < 4.78 is 53.8. The summed E-state index contributed by atoms with van der Waals surface area (Å²) in [6, 6.07) is 7.17. The molecule has 0 heterocycles. The van der Waals surface area contributed by atoms with Crippen LogP contribution in [-0.4, -0.2) is 8.42 Å². The Morgan fingerprint density at radius 2 is 1.80 bits per heavy atom. The van der Waals surface area contributed by atoms with Gasteiger partial charge in [-0.1, -0.05) is 15.9 Å². The van der Waals surface area contributed by atoms with Crippen molar-refractivity contribution in [3.8, 4) is 0 Å². The lowest BCUT2D eigenvalue weighted by molar-refractivity contribution is 0.555. The van der Waals surface area contributed by atoms with E-state index in [1.807, 2.05) is 0 Å². The third-order valence-corrected chi connectivity index (χ3v) is 4.49. The molecule has 0 atom stereocenters. The number of aryl methyl sites for hydroxylation is 1. The number of anilines is 1. The third kappa shape index (κ3) is 3.16. The van der Waals surface area contributed by atoms with Crippen LogP contribution in [-0.2, 0) is 10.0 Å². The van der Waals surface area contributed by atoms with Gasteiger partial charge in [0.25, 0.3) is 10.0 Å². The number of hydrogen-bond donors (Lipinski definition) is 1. The molecule has 0 aliphatic heterocycles. The molecule has 0 aliphatic carbocycles. The summed E-state index contributed by atoms with van der Waals surface area (Å²) in [7, 11) is -4.18. The molecule has 0 aromatic heterocycles. The smallest absolute Gasteiger partial charge is 0.264 e. The molecule has 2 aromatic carbocycles. The number of benzene rings is 2. The second-order valence-electron chi connectivity index (χ2n) is 4.14. The molecule has 0 spiro atoms. The van der Waals surface area contributed by atoms with E-state index >= 15 is 0 Å². The molecule has 2 rings (SSSR count). The molecule has 20 heavy (non-hydrogen) atoms. The lowest BCUT2D eigenvalue weighted by atomic mass is 10.2. The van der Waals surface area contributed by atoms with Crippen LogP contribution in [0.5, 0.6) is 0 Å². The Morgan fingerprint density at radius 1 is 1.10 bits per heavy atom. The third-order valence-electron chi connectivity index (χ3n) is 2.62. The van der Waals surface area contributed by atoms with E-state index in [9.17, 15) is 17.2 Å². The number of sulfonamides is 1. The van der Waals surface area contributed by atoms with E-state index < -0.39 is 26.6 Å². The first-order chi connectivity index (χ1) is 9.29. The quantitative estimate of drug-likeness (QED) is 0.902. The van der Waals surface area contributed by atoms with E-state index in [4.69, 9.17) is 0 Å². The van der Waals surface area contributed by atoms with Crippen molar-refractivity contribution in [3.05, 3.63) is 58.1 Å². The van der Waals surface area contributed by atoms with Crippen molar-refractivity contribution in [2.75, 3.05) is 4.72 Å². The molecule has 0 amide bonds. The molecule has 0 saturated heterocycles. The highest BCUT2D eigenvalue weighted by Gasteiger charge is 2.20. The zero-order valence-electron chi connectivity index (χ0n) is 10.3. The average Bonchev–Trinajstić information content (AvgIpc) is 2.35. The Balaban J connectivity index is 2.43. The summed E-state index contributed by atoms with van der Waals surface area (Å²) in [6.07, 6.45) is 0. The maximum Gasteiger partial charge on any atom is 0.264 e. The largest absolute Gasteiger partial charge is 0.279 e. The van der Waals surface area contributed by atoms with Crippen molar-refractivity contribution < 1.29 is 17.2 Å². The van der Waals surface area contributed by atoms with Crippen LogP contribution in [0.4, 0.5) is 14.5 Å². The van der Waals surface area contributed by atoms with Gasteiger partial charge in [0.05, 0.1) is 5.69 Å². The molecule has 0 unspecified atom stereocenters. The summed E-state index contributed by atoms with van der Waals surface area (Å²) in [4.78, 5) is -0.722. The van der Waals surface area contributed by atoms with Crippen molar-refractivity contribution in [2.45, 2.75) is 11.8 Å². The fourth-order valence-corrected chi connectivity index (χ4v) is 3.32. The lowest BCUT2D eigenvalue weighted by Gasteiger charge is -2.11. The maximum absolute atomic E-state index is 13.5. The van der Waals surface area contributed by atoms with Gasteiger partial charge in [-0.05, 0) is 48.9 Å². The first kappa shape index (κ1) is 14.9. The van der Waals surface area contributed by atoms with Crippen molar-refractivity contribution >= 4 is 31.6 Å². The van der Waals surface area contributed by atoms with Crippen molar-refractivity contribution in [1.29, 1.82) is 0 Å². The summed E-state index contributed by atoms with van der Waals surface area (Å²) in [5.74, 6) is -1.83. The van der Waals surface area contributed by atoms with Crippen LogP contribution in [0.25, 0.3) is 0 Å². The molecule has 2 aromatic rings. The molecule has 7 heteroatoms. The minimum atomic E-state index is -4.18.